The zero-order chi connectivity index (χ0) is 16.0. The highest BCUT2D eigenvalue weighted by Gasteiger charge is 2.23. The number of aliphatic hydroxyl groups is 1. The number of nitrogens with one attached hydrogen (secondary N) is 1. The normalized spacial score (nSPS) is 13.8. The molecular weight excluding hydrogens is 281 g/mol. The predicted molar refractivity (Wildman–Crippen MR) is 84.5 cm³/mol. The van der Waals surface area contributed by atoms with Gasteiger partial charge in [0.1, 0.15) is 11.4 Å². The highest BCUT2D eigenvalue weighted by atomic mass is 19.1. The summed E-state index contributed by atoms with van der Waals surface area (Å²) in [5.41, 5.74) is 0.202. The van der Waals surface area contributed by atoms with Gasteiger partial charge in [-0.2, -0.15) is 0 Å². The average molecular weight is 299 g/mol. The van der Waals surface area contributed by atoms with Gasteiger partial charge in [0.2, 0.25) is 5.91 Å². The lowest BCUT2D eigenvalue weighted by Crippen LogP contribution is -2.37. The molecule has 0 saturated heterocycles. The molecule has 1 unspecified atom stereocenters. The molecule has 4 heteroatoms. The van der Waals surface area contributed by atoms with Gasteiger partial charge in [-0.25, -0.2) is 4.39 Å². The van der Waals surface area contributed by atoms with Gasteiger partial charge in [-0.05, 0) is 36.3 Å². The van der Waals surface area contributed by atoms with E-state index in [9.17, 15) is 14.3 Å². The van der Waals surface area contributed by atoms with Crippen LogP contribution in [-0.2, 0) is 10.4 Å². The van der Waals surface area contributed by atoms with E-state index in [-0.39, 0.29) is 18.3 Å². The van der Waals surface area contributed by atoms with E-state index in [2.05, 4.69) is 5.32 Å². The molecule has 114 valence electrons. The molecule has 2 rings (SSSR count). The molecule has 1 atom stereocenters. The summed E-state index contributed by atoms with van der Waals surface area (Å²) >= 11 is 0. The molecule has 0 spiro atoms. The molecular formula is C18H18FNO2. The van der Waals surface area contributed by atoms with Crippen molar-refractivity contribution < 1.29 is 14.3 Å². The Morgan fingerprint density at radius 2 is 1.82 bits per heavy atom. The summed E-state index contributed by atoms with van der Waals surface area (Å²) in [5, 5.41) is 13.0. The van der Waals surface area contributed by atoms with Gasteiger partial charge in [0, 0.05) is 6.08 Å². The molecule has 0 heterocycles. The van der Waals surface area contributed by atoms with Crippen LogP contribution in [0.25, 0.3) is 6.08 Å². The van der Waals surface area contributed by atoms with E-state index in [4.69, 9.17) is 0 Å². The Bertz CT molecular complexity index is 649. The van der Waals surface area contributed by atoms with Crippen LogP contribution in [0.4, 0.5) is 4.39 Å². The van der Waals surface area contributed by atoms with Crippen molar-refractivity contribution >= 4 is 12.0 Å². The van der Waals surface area contributed by atoms with Crippen LogP contribution in [0.5, 0.6) is 0 Å². The van der Waals surface area contributed by atoms with E-state index < -0.39 is 5.60 Å². The van der Waals surface area contributed by atoms with Gasteiger partial charge in [0.15, 0.2) is 0 Å². The zero-order valence-electron chi connectivity index (χ0n) is 12.3. The second-order valence-corrected chi connectivity index (χ2v) is 5.24. The standard InChI is InChI=1S/C18H18FNO2/c1-18(22,15-8-10-16(19)11-9-15)13-20-17(21)12-7-14-5-3-2-4-6-14/h2-12,22H,13H2,1H3,(H,20,21)/b12-7+. The van der Waals surface area contributed by atoms with Crippen LogP contribution in [-0.4, -0.2) is 17.6 Å². The van der Waals surface area contributed by atoms with Crippen molar-refractivity contribution in [3.8, 4) is 0 Å². The number of hydrogen-bond acceptors (Lipinski definition) is 2. The van der Waals surface area contributed by atoms with Gasteiger partial charge in [-0.1, -0.05) is 42.5 Å². The quantitative estimate of drug-likeness (QED) is 0.834. The first-order valence-electron chi connectivity index (χ1n) is 6.97. The Morgan fingerprint density at radius 1 is 1.18 bits per heavy atom. The predicted octanol–water partition coefficient (Wildman–Crippen LogP) is 2.86. The number of halogens is 1. The topological polar surface area (TPSA) is 49.3 Å². The van der Waals surface area contributed by atoms with E-state index in [1.54, 1.807) is 13.0 Å². The largest absolute Gasteiger partial charge is 0.384 e. The third-order valence-electron chi connectivity index (χ3n) is 3.30. The van der Waals surface area contributed by atoms with Crippen molar-refractivity contribution in [1.82, 2.24) is 5.32 Å². The Labute approximate surface area is 129 Å². The third-order valence-corrected chi connectivity index (χ3v) is 3.30. The molecule has 0 bridgehead atoms. The molecule has 1 amide bonds. The van der Waals surface area contributed by atoms with Crippen molar-refractivity contribution in [2.24, 2.45) is 0 Å². The van der Waals surface area contributed by atoms with Crippen LogP contribution >= 0.6 is 0 Å². The fourth-order valence-corrected chi connectivity index (χ4v) is 1.97. The smallest absolute Gasteiger partial charge is 0.244 e. The van der Waals surface area contributed by atoms with Crippen LogP contribution in [0, 0.1) is 5.82 Å². The molecule has 0 radical (unpaired) electrons. The molecule has 22 heavy (non-hydrogen) atoms. The second kappa shape index (κ2) is 7.00. The number of carbonyl (C=O) groups is 1. The molecule has 0 aliphatic heterocycles. The van der Waals surface area contributed by atoms with Crippen LogP contribution < -0.4 is 5.32 Å². The van der Waals surface area contributed by atoms with Gasteiger partial charge < -0.3 is 10.4 Å². The van der Waals surface area contributed by atoms with Gasteiger partial charge in [0.25, 0.3) is 0 Å². The van der Waals surface area contributed by atoms with E-state index >= 15 is 0 Å². The fourth-order valence-electron chi connectivity index (χ4n) is 1.97. The van der Waals surface area contributed by atoms with Crippen LogP contribution in [0.2, 0.25) is 0 Å². The molecule has 0 aromatic heterocycles. The number of amides is 1. The van der Waals surface area contributed by atoms with E-state index in [1.165, 1.54) is 30.3 Å². The van der Waals surface area contributed by atoms with Crippen molar-refractivity contribution in [2.45, 2.75) is 12.5 Å². The van der Waals surface area contributed by atoms with Gasteiger partial charge >= 0.3 is 0 Å². The lowest BCUT2D eigenvalue weighted by molar-refractivity contribution is -0.117. The average Bonchev–Trinajstić information content (AvgIpc) is 2.52. The zero-order valence-corrected chi connectivity index (χ0v) is 12.3. The van der Waals surface area contributed by atoms with Crippen molar-refractivity contribution in [1.29, 1.82) is 0 Å². The molecule has 0 aliphatic carbocycles. The van der Waals surface area contributed by atoms with Crippen LogP contribution in [0.1, 0.15) is 18.1 Å². The van der Waals surface area contributed by atoms with Gasteiger partial charge in [0.05, 0.1) is 6.54 Å². The summed E-state index contributed by atoms with van der Waals surface area (Å²) < 4.78 is 12.9. The number of benzene rings is 2. The summed E-state index contributed by atoms with van der Waals surface area (Å²) in [6, 6.07) is 15.0. The molecule has 0 fully saturated rings. The summed E-state index contributed by atoms with van der Waals surface area (Å²) in [7, 11) is 0. The first-order valence-corrected chi connectivity index (χ1v) is 6.97. The summed E-state index contributed by atoms with van der Waals surface area (Å²) in [5.74, 6) is -0.666. The van der Waals surface area contributed by atoms with Gasteiger partial charge in [-0.15, -0.1) is 0 Å². The Morgan fingerprint density at radius 3 is 2.45 bits per heavy atom. The molecule has 0 aliphatic rings. The summed E-state index contributed by atoms with van der Waals surface area (Å²) in [4.78, 5) is 11.8. The highest BCUT2D eigenvalue weighted by Crippen LogP contribution is 2.19. The molecule has 2 aromatic carbocycles. The molecule has 2 aromatic rings. The van der Waals surface area contributed by atoms with E-state index in [0.29, 0.717) is 5.56 Å². The Hall–Kier alpha value is -2.46. The minimum atomic E-state index is -1.26. The van der Waals surface area contributed by atoms with E-state index in [0.717, 1.165) is 5.56 Å². The van der Waals surface area contributed by atoms with Crippen LogP contribution in [0.15, 0.2) is 60.7 Å². The van der Waals surface area contributed by atoms with Crippen molar-refractivity contribution in [2.75, 3.05) is 6.54 Å². The molecule has 2 N–H and O–H groups in total. The van der Waals surface area contributed by atoms with Crippen molar-refractivity contribution in [3.05, 3.63) is 77.6 Å². The van der Waals surface area contributed by atoms with Gasteiger partial charge in [-0.3, -0.25) is 4.79 Å². The van der Waals surface area contributed by atoms with E-state index in [1.807, 2.05) is 30.3 Å². The minimum absolute atomic E-state index is 0.0383. The maximum Gasteiger partial charge on any atom is 0.244 e. The Kier molecular flexibility index (Phi) is 5.07. The number of hydrogen-bond donors (Lipinski definition) is 2. The fraction of sp³-hybridized carbons (Fsp3) is 0.167. The SMILES string of the molecule is CC(O)(CNC(=O)/C=C/c1ccccc1)c1ccc(F)cc1. The number of rotatable bonds is 5. The summed E-state index contributed by atoms with van der Waals surface area (Å²) in [6.45, 7) is 1.61. The maximum absolute atomic E-state index is 12.9. The first kappa shape index (κ1) is 15.9. The minimum Gasteiger partial charge on any atom is -0.384 e. The third kappa shape index (κ3) is 4.53. The molecule has 3 nitrogen and oxygen atoms in total. The monoisotopic (exact) mass is 299 g/mol. The molecule has 0 saturated carbocycles. The Balaban J connectivity index is 1.92. The second-order valence-electron chi connectivity index (χ2n) is 5.24. The summed E-state index contributed by atoms with van der Waals surface area (Å²) in [6.07, 6.45) is 3.11. The van der Waals surface area contributed by atoms with Crippen LogP contribution in [0.3, 0.4) is 0 Å². The first-order chi connectivity index (χ1) is 10.5. The maximum atomic E-state index is 12.9. The lowest BCUT2D eigenvalue weighted by atomic mass is 9.96. The lowest BCUT2D eigenvalue weighted by Gasteiger charge is -2.23. The van der Waals surface area contributed by atoms with Crippen molar-refractivity contribution in [3.63, 3.8) is 0 Å². The highest BCUT2D eigenvalue weighted by molar-refractivity contribution is 5.91. The number of carbonyl (C=O) groups excluding carboxylic acids is 1.